The predicted molar refractivity (Wildman–Crippen MR) is 44.0 cm³/mol. The molecule has 0 aromatic heterocycles. The van der Waals surface area contributed by atoms with Crippen LogP contribution < -0.4 is 0 Å². The van der Waals surface area contributed by atoms with Crippen LogP contribution in [-0.4, -0.2) is 36.5 Å². The highest BCUT2D eigenvalue weighted by Crippen LogP contribution is 2.37. The first kappa shape index (κ1) is 8.97. The largest absolute Gasteiger partial charge is 0.469 e. The second-order valence-electron chi connectivity index (χ2n) is 3.73. The average Bonchev–Trinajstić information content (AvgIpc) is 2.48. The van der Waals surface area contributed by atoms with Crippen molar-refractivity contribution in [2.24, 2.45) is 5.92 Å². The zero-order valence-electron chi connectivity index (χ0n) is 7.60. The van der Waals surface area contributed by atoms with Gasteiger partial charge in [-0.05, 0) is 12.8 Å². The number of hydrogen-bond acceptors (Lipinski definition) is 4. The van der Waals surface area contributed by atoms with Crippen LogP contribution >= 0.6 is 0 Å². The highest BCUT2D eigenvalue weighted by molar-refractivity contribution is 5.74. The van der Waals surface area contributed by atoms with Gasteiger partial charge in [0.1, 0.15) is 5.92 Å². The minimum Gasteiger partial charge on any atom is -0.469 e. The first-order chi connectivity index (χ1) is 6.22. The van der Waals surface area contributed by atoms with Crippen LogP contribution in [0.15, 0.2) is 0 Å². The van der Waals surface area contributed by atoms with Crippen LogP contribution in [0.2, 0.25) is 0 Å². The molecule has 13 heavy (non-hydrogen) atoms. The molecule has 2 bridgehead atoms. The third kappa shape index (κ3) is 1.44. The first-order valence-electron chi connectivity index (χ1n) is 4.63. The van der Waals surface area contributed by atoms with E-state index in [1.165, 1.54) is 7.11 Å². The smallest absolute Gasteiger partial charge is 0.313 e. The van der Waals surface area contributed by atoms with Gasteiger partial charge in [-0.1, -0.05) is 0 Å². The van der Waals surface area contributed by atoms with Crippen molar-refractivity contribution in [2.45, 2.75) is 37.6 Å². The standard InChI is InChI=1S/C9H14O4/c1-12-9(11)8-6(10)4-5-2-3-7(8)13-5/h5-8,10H,2-4H2,1H3/t5-,6+,7+,8+/m0/s1. The maximum Gasteiger partial charge on any atom is 0.313 e. The van der Waals surface area contributed by atoms with Crippen molar-refractivity contribution in [1.29, 1.82) is 0 Å². The molecule has 2 rings (SSSR count). The molecule has 4 heteroatoms. The van der Waals surface area contributed by atoms with E-state index in [4.69, 9.17) is 4.74 Å². The highest BCUT2D eigenvalue weighted by atomic mass is 16.5. The Morgan fingerprint density at radius 2 is 2.31 bits per heavy atom. The van der Waals surface area contributed by atoms with Gasteiger partial charge in [0.25, 0.3) is 0 Å². The summed E-state index contributed by atoms with van der Waals surface area (Å²) in [5, 5.41) is 9.67. The maximum atomic E-state index is 11.3. The molecule has 0 radical (unpaired) electrons. The monoisotopic (exact) mass is 186 g/mol. The SMILES string of the molecule is COC(=O)[C@@H]1[C@H](O)C[C@@H]2CC[C@H]1O2. The van der Waals surface area contributed by atoms with Gasteiger partial charge in [-0.25, -0.2) is 0 Å². The van der Waals surface area contributed by atoms with E-state index < -0.39 is 12.0 Å². The number of esters is 1. The lowest BCUT2D eigenvalue weighted by Gasteiger charge is -2.31. The quantitative estimate of drug-likeness (QED) is 0.589. The van der Waals surface area contributed by atoms with E-state index in [9.17, 15) is 9.90 Å². The van der Waals surface area contributed by atoms with E-state index in [-0.39, 0.29) is 18.2 Å². The molecule has 4 atom stereocenters. The van der Waals surface area contributed by atoms with E-state index in [0.717, 1.165) is 12.8 Å². The molecule has 0 aliphatic carbocycles. The number of carbonyl (C=O) groups excluding carboxylic acids is 1. The predicted octanol–water partition coefficient (Wildman–Crippen LogP) is 0.0878. The van der Waals surface area contributed by atoms with Crippen LogP contribution in [0.4, 0.5) is 0 Å². The third-order valence-electron chi connectivity index (χ3n) is 2.93. The minimum absolute atomic E-state index is 0.124. The molecule has 0 aromatic carbocycles. The van der Waals surface area contributed by atoms with E-state index >= 15 is 0 Å². The first-order valence-corrected chi connectivity index (χ1v) is 4.63. The number of methoxy groups -OCH3 is 1. The summed E-state index contributed by atoms with van der Waals surface area (Å²) in [4.78, 5) is 11.3. The fourth-order valence-corrected chi connectivity index (χ4v) is 2.28. The minimum atomic E-state index is -0.585. The molecule has 0 amide bonds. The van der Waals surface area contributed by atoms with Gasteiger partial charge in [0.05, 0.1) is 25.4 Å². The van der Waals surface area contributed by atoms with Crippen LogP contribution in [0.25, 0.3) is 0 Å². The number of fused-ring (bicyclic) bond motifs is 2. The van der Waals surface area contributed by atoms with Gasteiger partial charge in [0.15, 0.2) is 0 Å². The molecule has 2 saturated heterocycles. The van der Waals surface area contributed by atoms with Crippen molar-refractivity contribution in [3.05, 3.63) is 0 Å². The molecule has 0 unspecified atom stereocenters. The Kier molecular flexibility index (Phi) is 2.26. The molecule has 2 fully saturated rings. The number of aliphatic hydroxyl groups excluding tert-OH is 1. The fraction of sp³-hybridized carbons (Fsp3) is 0.889. The van der Waals surface area contributed by atoms with Crippen LogP contribution in [0.5, 0.6) is 0 Å². The highest BCUT2D eigenvalue weighted by Gasteiger charge is 2.46. The van der Waals surface area contributed by atoms with Crippen LogP contribution in [-0.2, 0) is 14.3 Å². The Morgan fingerprint density at radius 3 is 3.00 bits per heavy atom. The molecule has 0 aromatic rings. The molecule has 2 heterocycles. The zero-order chi connectivity index (χ0) is 9.42. The normalized spacial score (nSPS) is 43.2. The Balaban J connectivity index is 2.11. The summed E-state index contributed by atoms with van der Waals surface area (Å²) < 4.78 is 10.2. The number of ether oxygens (including phenoxy) is 2. The second-order valence-corrected chi connectivity index (χ2v) is 3.73. The van der Waals surface area contributed by atoms with Crippen LogP contribution in [0.3, 0.4) is 0 Å². The number of aliphatic hydroxyl groups is 1. The lowest BCUT2D eigenvalue weighted by Crippen LogP contribution is -2.43. The fourth-order valence-electron chi connectivity index (χ4n) is 2.28. The summed E-state index contributed by atoms with van der Waals surface area (Å²) in [5.74, 6) is -0.818. The Morgan fingerprint density at radius 1 is 1.54 bits per heavy atom. The topological polar surface area (TPSA) is 55.8 Å². The molecule has 0 spiro atoms. The van der Waals surface area contributed by atoms with Crippen molar-refractivity contribution >= 4 is 5.97 Å². The van der Waals surface area contributed by atoms with Crippen molar-refractivity contribution in [3.8, 4) is 0 Å². The number of hydrogen-bond donors (Lipinski definition) is 1. The molecular formula is C9H14O4. The van der Waals surface area contributed by atoms with Crippen molar-refractivity contribution in [3.63, 3.8) is 0 Å². The van der Waals surface area contributed by atoms with Gasteiger partial charge in [-0.15, -0.1) is 0 Å². The molecular weight excluding hydrogens is 172 g/mol. The number of carbonyl (C=O) groups is 1. The molecule has 1 N–H and O–H groups in total. The Bertz CT molecular complexity index is 216. The van der Waals surface area contributed by atoms with Crippen molar-refractivity contribution < 1.29 is 19.4 Å². The lowest BCUT2D eigenvalue weighted by molar-refractivity contribution is -0.166. The summed E-state index contributed by atoms with van der Waals surface area (Å²) in [6.07, 6.45) is 1.83. The Hall–Kier alpha value is -0.610. The van der Waals surface area contributed by atoms with Crippen LogP contribution in [0.1, 0.15) is 19.3 Å². The second kappa shape index (κ2) is 3.27. The van der Waals surface area contributed by atoms with Crippen molar-refractivity contribution in [1.82, 2.24) is 0 Å². The van der Waals surface area contributed by atoms with Gasteiger partial charge < -0.3 is 14.6 Å². The van der Waals surface area contributed by atoms with Crippen LogP contribution in [0, 0.1) is 5.92 Å². The van der Waals surface area contributed by atoms with Gasteiger partial charge >= 0.3 is 5.97 Å². The lowest BCUT2D eigenvalue weighted by atomic mass is 9.92. The Labute approximate surface area is 76.8 Å². The zero-order valence-corrected chi connectivity index (χ0v) is 7.60. The number of rotatable bonds is 1. The summed E-state index contributed by atoms with van der Waals surface area (Å²) in [5.41, 5.74) is 0. The summed E-state index contributed by atoms with van der Waals surface area (Å²) in [6, 6.07) is 0. The van der Waals surface area contributed by atoms with Gasteiger partial charge in [0, 0.05) is 6.42 Å². The summed E-state index contributed by atoms with van der Waals surface area (Å²) >= 11 is 0. The third-order valence-corrected chi connectivity index (χ3v) is 2.93. The molecule has 4 nitrogen and oxygen atoms in total. The maximum absolute atomic E-state index is 11.3. The van der Waals surface area contributed by atoms with Crippen molar-refractivity contribution in [2.75, 3.05) is 7.11 Å². The molecule has 2 aliphatic heterocycles. The molecule has 74 valence electrons. The van der Waals surface area contributed by atoms with Gasteiger partial charge in [0.2, 0.25) is 0 Å². The van der Waals surface area contributed by atoms with Gasteiger partial charge in [-0.3, -0.25) is 4.79 Å². The summed E-state index contributed by atoms with van der Waals surface area (Å²) in [6.45, 7) is 0. The molecule has 2 aliphatic rings. The van der Waals surface area contributed by atoms with E-state index in [1.54, 1.807) is 0 Å². The average molecular weight is 186 g/mol. The van der Waals surface area contributed by atoms with E-state index in [0.29, 0.717) is 6.42 Å². The van der Waals surface area contributed by atoms with Gasteiger partial charge in [-0.2, -0.15) is 0 Å². The van der Waals surface area contributed by atoms with E-state index in [2.05, 4.69) is 4.74 Å². The summed E-state index contributed by atoms with van der Waals surface area (Å²) in [7, 11) is 1.34. The molecule has 0 saturated carbocycles. The van der Waals surface area contributed by atoms with E-state index in [1.807, 2.05) is 0 Å².